The third-order valence-corrected chi connectivity index (χ3v) is 4.01. The molecule has 0 saturated carbocycles. The summed E-state index contributed by atoms with van der Waals surface area (Å²) in [7, 11) is -4.23. The van der Waals surface area contributed by atoms with Gasteiger partial charge in [-0.3, -0.25) is 0 Å². The lowest BCUT2D eigenvalue weighted by Gasteiger charge is -2.27. The van der Waals surface area contributed by atoms with Gasteiger partial charge in [0, 0.05) is 6.20 Å². The van der Waals surface area contributed by atoms with Crippen molar-refractivity contribution in [3.8, 4) is 0 Å². The van der Waals surface area contributed by atoms with Crippen LogP contribution in [-0.4, -0.2) is 65.2 Å². The Balaban J connectivity index is 3.07. The number of hydrogen-bond donors (Lipinski definition) is 5. The summed E-state index contributed by atoms with van der Waals surface area (Å²) < 4.78 is 25.8. The van der Waals surface area contributed by atoms with E-state index < -0.39 is 46.4 Å². The Bertz CT molecular complexity index is 558. The van der Waals surface area contributed by atoms with Crippen molar-refractivity contribution in [2.24, 2.45) is 0 Å². The molecule has 0 spiro atoms. The average molecular weight is 306 g/mol. The maximum Gasteiger partial charge on any atom is 0.337 e. The van der Waals surface area contributed by atoms with Gasteiger partial charge in [-0.15, -0.1) is 0 Å². The fourth-order valence-corrected chi connectivity index (χ4v) is 2.56. The molecule has 0 aliphatic rings. The van der Waals surface area contributed by atoms with Crippen molar-refractivity contribution < 1.29 is 33.6 Å². The maximum absolute atomic E-state index is 12.0. The van der Waals surface area contributed by atoms with E-state index in [2.05, 4.69) is 4.98 Å². The van der Waals surface area contributed by atoms with Crippen LogP contribution in [0.1, 0.15) is 10.4 Å². The molecule has 0 bridgehead atoms. The lowest BCUT2D eigenvalue weighted by atomic mass is 10.1. The van der Waals surface area contributed by atoms with Gasteiger partial charge < -0.3 is 20.4 Å². The molecule has 0 fully saturated rings. The van der Waals surface area contributed by atoms with Crippen molar-refractivity contribution in [1.82, 2.24) is 9.71 Å². The smallest absolute Gasteiger partial charge is 0.337 e. The highest BCUT2D eigenvalue weighted by Gasteiger charge is 2.34. The third kappa shape index (κ3) is 3.49. The third-order valence-electron chi connectivity index (χ3n) is 2.52. The van der Waals surface area contributed by atoms with E-state index in [0.29, 0.717) is 0 Å². The van der Waals surface area contributed by atoms with Crippen molar-refractivity contribution in [1.29, 1.82) is 0 Å². The number of nitrogens with one attached hydrogen (secondary N) is 1. The number of carboxylic acids is 1. The minimum absolute atomic E-state index is 0.193. The minimum atomic E-state index is -4.23. The summed E-state index contributed by atoms with van der Waals surface area (Å²) in [5, 5.41) is 35.4. The van der Waals surface area contributed by atoms with Crippen LogP contribution < -0.4 is 4.72 Å². The van der Waals surface area contributed by atoms with Crippen LogP contribution in [-0.2, 0) is 10.0 Å². The molecule has 0 atom stereocenters. The fraction of sp³-hybridized carbons (Fsp3) is 0.400. The SMILES string of the molecule is O=C(O)c1ccc(S(=O)(=O)NC(CO)(CO)CO)nc1. The molecule has 112 valence electrons. The van der Waals surface area contributed by atoms with Crippen LogP contribution in [0.5, 0.6) is 0 Å². The van der Waals surface area contributed by atoms with Gasteiger partial charge in [0.1, 0.15) is 5.54 Å². The summed E-state index contributed by atoms with van der Waals surface area (Å²) in [5.74, 6) is -1.26. The normalized spacial score (nSPS) is 12.3. The zero-order chi connectivity index (χ0) is 15.4. The van der Waals surface area contributed by atoms with E-state index in [1.165, 1.54) is 0 Å². The predicted octanol–water partition coefficient (Wildman–Crippen LogP) is -2.23. The number of carbonyl (C=O) groups is 1. The molecule has 0 radical (unpaired) electrons. The molecule has 1 aromatic rings. The molecule has 5 N–H and O–H groups in total. The minimum Gasteiger partial charge on any atom is -0.478 e. The molecule has 1 heterocycles. The number of sulfonamides is 1. The van der Waals surface area contributed by atoms with Crippen LogP contribution in [0, 0.1) is 0 Å². The number of aromatic carboxylic acids is 1. The number of pyridine rings is 1. The second kappa shape index (κ2) is 6.24. The Kier molecular flexibility index (Phi) is 5.14. The Labute approximate surface area is 114 Å². The van der Waals surface area contributed by atoms with Crippen molar-refractivity contribution in [3.63, 3.8) is 0 Å². The van der Waals surface area contributed by atoms with Crippen LogP contribution in [0.3, 0.4) is 0 Å². The fourth-order valence-electron chi connectivity index (χ4n) is 1.25. The molecule has 0 saturated heterocycles. The first-order chi connectivity index (χ1) is 9.30. The molecule has 0 amide bonds. The molecular weight excluding hydrogens is 292 g/mol. The second-order valence-corrected chi connectivity index (χ2v) is 5.68. The van der Waals surface area contributed by atoms with Crippen molar-refractivity contribution in [2.75, 3.05) is 19.8 Å². The molecular formula is C10H14N2O7S. The molecule has 1 rings (SSSR count). The number of nitrogens with zero attached hydrogens (tertiary/aromatic N) is 1. The zero-order valence-electron chi connectivity index (χ0n) is 10.2. The molecule has 9 nitrogen and oxygen atoms in total. The summed E-state index contributed by atoms with van der Waals surface area (Å²) in [6.07, 6.45) is 0.857. The average Bonchev–Trinajstić information content (AvgIpc) is 2.45. The van der Waals surface area contributed by atoms with E-state index in [1.54, 1.807) is 0 Å². The van der Waals surface area contributed by atoms with Gasteiger partial charge in [0.05, 0.1) is 25.4 Å². The van der Waals surface area contributed by atoms with E-state index in [4.69, 9.17) is 20.4 Å². The lowest BCUT2D eigenvalue weighted by molar-refractivity contribution is 0.0581. The lowest BCUT2D eigenvalue weighted by Crippen LogP contribution is -2.56. The zero-order valence-corrected chi connectivity index (χ0v) is 11.0. The number of aliphatic hydroxyl groups is 3. The maximum atomic E-state index is 12.0. The van der Waals surface area contributed by atoms with E-state index in [-0.39, 0.29) is 5.56 Å². The summed E-state index contributed by atoms with van der Waals surface area (Å²) in [5.41, 5.74) is -2.02. The summed E-state index contributed by atoms with van der Waals surface area (Å²) in [6, 6.07) is 2.01. The van der Waals surface area contributed by atoms with E-state index in [0.717, 1.165) is 18.3 Å². The number of carboxylic acid groups (broad SMARTS) is 1. The number of aromatic nitrogens is 1. The number of hydrogen-bond acceptors (Lipinski definition) is 7. The van der Waals surface area contributed by atoms with Crippen LogP contribution in [0.2, 0.25) is 0 Å². The monoisotopic (exact) mass is 306 g/mol. The van der Waals surface area contributed by atoms with Gasteiger partial charge in [0.25, 0.3) is 10.0 Å². The molecule has 0 aliphatic heterocycles. The first kappa shape index (κ1) is 16.5. The van der Waals surface area contributed by atoms with Crippen molar-refractivity contribution in [2.45, 2.75) is 10.6 Å². The van der Waals surface area contributed by atoms with Gasteiger partial charge in [-0.05, 0) is 12.1 Å². The number of aliphatic hydroxyl groups excluding tert-OH is 3. The Morgan fingerprint density at radius 3 is 2.10 bits per heavy atom. The molecule has 20 heavy (non-hydrogen) atoms. The van der Waals surface area contributed by atoms with Gasteiger partial charge in [0.2, 0.25) is 0 Å². The summed E-state index contributed by atoms with van der Waals surface area (Å²) in [6.45, 7) is -2.48. The second-order valence-electron chi connectivity index (χ2n) is 4.05. The van der Waals surface area contributed by atoms with Crippen molar-refractivity contribution >= 4 is 16.0 Å². The van der Waals surface area contributed by atoms with Crippen LogP contribution in [0.25, 0.3) is 0 Å². The quantitative estimate of drug-likeness (QED) is 0.379. The Morgan fingerprint density at radius 1 is 1.20 bits per heavy atom. The van der Waals surface area contributed by atoms with Crippen molar-refractivity contribution in [3.05, 3.63) is 23.9 Å². The topological polar surface area (TPSA) is 157 Å². The summed E-state index contributed by atoms with van der Waals surface area (Å²) >= 11 is 0. The van der Waals surface area contributed by atoms with Gasteiger partial charge in [-0.2, -0.15) is 4.72 Å². The summed E-state index contributed by atoms with van der Waals surface area (Å²) in [4.78, 5) is 14.1. The Morgan fingerprint density at radius 2 is 1.75 bits per heavy atom. The first-order valence-corrected chi connectivity index (χ1v) is 6.84. The molecule has 10 heteroatoms. The first-order valence-electron chi connectivity index (χ1n) is 5.36. The van der Waals surface area contributed by atoms with Gasteiger partial charge in [-0.25, -0.2) is 18.2 Å². The van der Waals surface area contributed by atoms with Gasteiger partial charge in [-0.1, -0.05) is 0 Å². The van der Waals surface area contributed by atoms with Gasteiger partial charge in [0.15, 0.2) is 5.03 Å². The van der Waals surface area contributed by atoms with Crippen LogP contribution in [0.15, 0.2) is 23.4 Å². The van der Waals surface area contributed by atoms with E-state index in [1.807, 2.05) is 4.72 Å². The standard InChI is InChI=1S/C10H14N2O7S/c13-4-10(5-14,6-15)12-20(18,19)8-2-1-7(3-11-8)9(16)17/h1-3,12-15H,4-6H2,(H,16,17). The van der Waals surface area contributed by atoms with Crippen LogP contribution in [0.4, 0.5) is 0 Å². The molecule has 0 aromatic carbocycles. The molecule has 1 aromatic heterocycles. The van der Waals surface area contributed by atoms with E-state index >= 15 is 0 Å². The van der Waals surface area contributed by atoms with Crippen LogP contribution >= 0.6 is 0 Å². The molecule has 0 unspecified atom stereocenters. The number of rotatable bonds is 7. The highest BCUT2D eigenvalue weighted by molar-refractivity contribution is 7.89. The Hall–Kier alpha value is -1.59. The highest BCUT2D eigenvalue weighted by atomic mass is 32.2. The largest absolute Gasteiger partial charge is 0.478 e. The highest BCUT2D eigenvalue weighted by Crippen LogP contribution is 2.11. The van der Waals surface area contributed by atoms with Gasteiger partial charge >= 0.3 is 5.97 Å². The van der Waals surface area contributed by atoms with E-state index in [9.17, 15) is 13.2 Å². The predicted molar refractivity (Wildman–Crippen MR) is 65.5 cm³/mol. The molecule has 0 aliphatic carbocycles.